The molecule has 2 N–H and O–H groups in total. The van der Waals surface area contributed by atoms with E-state index in [1.807, 2.05) is 12.1 Å². The molecule has 8 heteroatoms. The highest BCUT2D eigenvalue weighted by atomic mass is 19.4. The Morgan fingerprint density at radius 1 is 1.50 bits per heavy atom. The molecule has 2 rings (SSSR count). The van der Waals surface area contributed by atoms with Gasteiger partial charge in [0.2, 0.25) is 0 Å². The number of aliphatic imine (C=N–C) groups is 1. The number of hydrogen-bond donors (Lipinski definition) is 2. The van der Waals surface area contributed by atoms with Crippen molar-refractivity contribution in [3.8, 4) is 0 Å². The maximum atomic E-state index is 12.4. The van der Waals surface area contributed by atoms with Crippen LogP contribution < -0.4 is 10.6 Å². The highest BCUT2D eigenvalue weighted by Gasteiger charge is 2.34. The van der Waals surface area contributed by atoms with Crippen LogP contribution in [-0.4, -0.2) is 56.3 Å². The van der Waals surface area contributed by atoms with Gasteiger partial charge in [-0.05, 0) is 18.6 Å². The third-order valence-electron chi connectivity index (χ3n) is 3.48. The van der Waals surface area contributed by atoms with Gasteiger partial charge in [-0.1, -0.05) is 0 Å². The molecule has 2 heterocycles. The second kappa shape index (κ2) is 7.53. The predicted molar refractivity (Wildman–Crippen MR) is 77.8 cm³/mol. The molecule has 1 unspecified atom stereocenters. The summed E-state index contributed by atoms with van der Waals surface area (Å²) < 4.78 is 42.3. The molecule has 1 aromatic rings. The molecule has 0 amide bonds. The lowest BCUT2D eigenvalue weighted by Gasteiger charge is -2.19. The zero-order valence-corrected chi connectivity index (χ0v) is 12.5. The van der Waals surface area contributed by atoms with Crippen LogP contribution in [0.5, 0.6) is 0 Å². The fraction of sp³-hybridized carbons (Fsp3) is 0.643. The number of halogens is 3. The van der Waals surface area contributed by atoms with E-state index in [9.17, 15) is 13.2 Å². The van der Waals surface area contributed by atoms with Crippen molar-refractivity contribution in [3.05, 3.63) is 24.2 Å². The minimum atomic E-state index is -4.14. The van der Waals surface area contributed by atoms with Crippen molar-refractivity contribution in [1.29, 1.82) is 0 Å². The smallest absolute Gasteiger partial charge is 0.401 e. The average molecular weight is 318 g/mol. The van der Waals surface area contributed by atoms with Gasteiger partial charge in [0.05, 0.1) is 12.8 Å². The predicted octanol–water partition coefficient (Wildman–Crippen LogP) is 1.62. The summed E-state index contributed by atoms with van der Waals surface area (Å²) in [5.74, 6) is 1.48. The summed E-state index contributed by atoms with van der Waals surface area (Å²) in [5, 5.41) is 6.30. The Morgan fingerprint density at radius 2 is 2.32 bits per heavy atom. The lowest BCUT2D eigenvalue weighted by atomic mass is 10.3. The zero-order valence-electron chi connectivity index (χ0n) is 12.5. The van der Waals surface area contributed by atoms with Crippen molar-refractivity contribution in [2.45, 2.75) is 25.1 Å². The second-order valence-corrected chi connectivity index (χ2v) is 5.31. The van der Waals surface area contributed by atoms with Gasteiger partial charge in [-0.3, -0.25) is 9.89 Å². The Hall–Kier alpha value is -1.70. The van der Waals surface area contributed by atoms with Crippen LogP contribution in [0.25, 0.3) is 0 Å². The van der Waals surface area contributed by atoms with Crippen LogP contribution in [0.1, 0.15) is 12.2 Å². The van der Waals surface area contributed by atoms with Crippen LogP contribution in [0.3, 0.4) is 0 Å². The third kappa shape index (κ3) is 5.59. The average Bonchev–Trinajstić information content (AvgIpc) is 3.08. The molecule has 5 nitrogen and oxygen atoms in total. The quantitative estimate of drug-likeness (QED) is 0.640. The van der Waals surface area contributed by atoms with Gasteiger partial charge < -0.3 is 15.1 Å². The van der Waals surface area contributed by atoms with Crippen LogP contribution in [0.15, 0.2) is 27.8 Å². The summed E-state index contributed by atoms with van der Waals surface area (Å²) in [4.78, 5) is 5.50. The van der Waals surface area contributed by atoms with Gasteiger partial charge in [-0.2, -0.15) is 13.2 Å². The van der Waals surface area contributed by atoms with E-state index in [-0.39, 0.29) is 6.04 Å². The molecule has 0 spiro atoms. The highest BCUT2D eigenvalue weighted by Crippen LogP contribution is 2.19. The number of guanidine groups is 1. The summed E-state index contributed by atoms with van der Waals surface area (Å²) in [6, 6.07) is 3.71. The van der Waals surface area contributed by atoms with Crippen molar-refractivity contribution in [1.82, 2.24) is 15.5 Å². The molecule has 0 saturated carbocycles. The third-order valence-corrected chi connectivity index (χ3v) is 3.48. The van der Waals surface area contributed by atoms with Gasteiger partial charge in [0, 0.05) is 39.1 Å². The minimum absolute atomic E-state index is 0.0165. The SMILES string of the molecule is CN=C(NCCc1ccco1)NC1CCN(CC(F)(F)F)C1. The van der Waals surface area contributed by atoms with E-state index in [2.05, 4.69) is 15.6 Å². The molecule has 0 radical (unpaired) electrons. The van der Waals surface area contributed by atoms with E-state index in [0.29, 0.717) is 32.0 Å². The summed E-state index contributed by atoms with van der Waals surface area (Å²) in [5.41, 5.74) is 0. The van der Waals surface area contributed by atoms with E-state index in [1.54, 1.807) is 13.3 Å². The molecule has 1 saturated heterocycles. The van der Waals surface area contributed by atoms with Gasteiger partial charge in [0.1, 0.15) is 5.76 Å². The number of nitrogens with one attached hydrogen (secondary N) is 2. The Kier molecular flexibility index (Phi) is 5.70. The molecule has 1 atom stereocenters. The van der Waals surface area contributed by atoms with Gasteiger partial charge >= 0.3 is 6.18 Å². The van der Waals surface area contributed by atoms with Gasteiger partial charge in [0.15, 0.2) is 5.96 Å². The molecular weight excluding hydrogens is 297 g/mol. The summed E-state index contributed by atoms with van der Waals surface area (Å²) in [7, 11) is 1.64. The monoisotopic (exact) mass is 318 g/mol. The first-order chi connectivity index (χ1) is 10.5. The molecule has 0 bridgehead atoms. The molecule has 124 valence electrons. The lowest BCUT2D eigenvalue weighted by molar-refractivity contribution is -0.143. The van der Waals surface area contributed by atoms with Gasteiger partial charge in [-0.25, -0.2) is 0 Å². The maximum Gasteiger partial charge on any atom is 0.401 e. The zero-order chi connectivity index (χ0) is 16.0. The minimum Gasteiger partial charge on any atom is -0.469 e. The van der Waals surface area contributed by atoms with Crippen molar-refractivity contribution in [2.24, 2.45) is 4.99 Å². The molecule has 1 aliphatic rings. The van der Waals surface area contributed by atoms with Crippen LogP contribution in [0, 0.1) is 0 Å². The number of alkyl halides is 3. The normalized spacial score (nSPS) is 20.4. The Bertz CT molecular complexity index is 473. The van der Waals surface area contributed by atoms with Crippen LogP contribution in [0.4, 0.5) is 13.2 Å². The van der Waals surface area contributed by atoms with E-state index in [4.69, 9.17) is 4.42 Å². The topological polar surface area (TPSA) is 52.8 Å². The maximum absolute atomic E-state index is 12.4. The van der Waals surface area contributed by atoms with Crippen molar-refractivity contribution in [3.63, 3.8) is 0 Å². The lowest BCUT2D eigenvalue weighted by Crippen LogP contribution is -2.45. The van der Waals surface area contributed by atoms with E-state index >= 15 is 0 Å². The standard InChI is InChI=1S/C14H21F3N4O/c1-18-13(19-6-4-12-3-2-8-22-12)20-11-5-7-21(9-11)10-14(15,16)17/h2-3,8,11H,4-7,9-10H2,1H3,(H2,18,19,20). The number of likely N-dealkylation sites (tertiary alicyclic amines) is 1. The summed E-state index contributed by atoms with van der Waals surface area (Å²) in [6.45, 7) is 0.612. The van der Waals surface area contributed by atoms with Crippen molar-refractivity contribution < 1.29 is 17.6 Å². The Balaban J connectivity index is 1.70. The van der Waals surface area contributed by atoms with E-state index in [1.165, 1.54) is 4.90 Å². The number of furan rings is 1. The van der Waals surface area contributed by atoms with Crippen LogP contribution in [0.2, 0.25) is 0 Å². The molecule has 0 aromatic carbocycles. The summed E-state index contributed by atoms with van der Waals surface area (Å²) >= 11 is 0. The van der Waals surface area contributed by atoms with Crippen molar-refractivity contribution in [2.75, 3.05) is 33.2 Å². The first kappa shape index (κ1) is 16.7. The van der Waals surface area contributed by atoms with Gasteiger partial charge in [-0.15, -0.1) is 0 Å². The molecule has 0 aliphatic carbocycles. The van der Waals surface area contributed by atoms with E-state index in [0.717, 1.165) is 12.2 Å². The van der Waals surface area contributed by atoms with Crippen LogP contribution in [-0.2, 0) is 6.42 Å². The molecule has 22 heavy (non-hydrogen) atoms. The van der Waals surface area contributed by atoms with Crippen LogP contribution >= 0.6 is 0 Å². The van der Waals surface area contributed by atoms with E-state index < -0.39 is 12.7 Å². The Labute approximate surface area is 127 Å². The van der Waals surface area contributed by atoms with Gasteiger partial charge in [0.25, 0.3) is 0 Å². The fourth-order valence-corrected chi connectivity index (χ4v) is 2.49. The first-order valence-corrected chi connectivity index (χ1v) is 7.25. The molecule has 1 aromatic heterocycles. The molecular formula is C14H21F3N4O. The van der Waals surface area contributed by atoms with Crippen molar-refractivity contribution >= 4 is 5.96 Å². The highest BCUT2D eigenvalue weighted by molar-refractivity contribution is 5.80. The molecule has 1 aliphatic heterocycles. The fourth-order valence-electron chi connectivity index (χ4n) is 2.49. The Morgan fingerprint density at radius 3 is 2.95 bits per heavy atom. The largest absolute Gasteiger partial charge is 0.469 e. The number of nitrogens with zero attached hydrogens (tertiary/aromatic N) is 2. The number of hydrogen-bond acceptors (Lipinski definition) is 3. The number of rotatable bonds is 5. The second-order valence-electron chi connectivity index (χ2n) is 5.31. The summed E-state index contributed by atoms with van der Waals surface area (Å²) in [6.07, 6.45) is -1.12. The first-order valence-electron chi connectivity index (χ1n) is 7.25. The molecule has 1 fully saturated rings.